The van der Waals surface area contributed by atoms with Gasteiger partial charge in [0.2, 0.25) is 5.56 Å². The van der Waals surface area contributed by atoms with Crippen LogP contribution in [-0.4, -0.2) is 34.4 Å². The van der Waals surface area contributed by atoms with Crippen molar-refractivity contribution in [1.82, 2.24) is 9.88 Å². The topological polar surface area (TPSA) is 79.5 Å². The highest BCUT2D eigenvalue weighted by Crippen LogP contribution is 2.33. The van der Waals surface area contributed by atoms with Gasteiger partial charge in [-0.3, -0.25) is 9.59 Å². The predicted molar refractivity (Wildman–Crippen MR) is 101 cm³/mol. The fourth-order valence-electron chi connectivity index (χ4n) is 3.62. The molecule has 0 spiro atoms. The summed E-state index contributed by atoms with van der Waals surface area (Å²) in [4.78, 5) is 41.6. The highest BCUT2D eigenvalue weighted by Gasteiger charge is 2.35. The summed E-state index contributed by atoms with van der Waals surface area (Å²) < 4.78 is 5.29. The molecule has 1 amide bonds. The number of H-pyrrole nitrogens is 1. The van der Waals surface area contributed by atoms with Gasteiger partial charge in [0.15, 0.2) is 6.61 Å². The molecule has 1 fully saturated rings. The molecule has 1 aromatic carbocycles. The summed E-state index contributed by atoms with van der Waals surface area (Å²) in [6.07, 6.45) is 8.25. The number of nitrogens with one attached hydrogen (secondary N) is 1. The molecule has 0 aliphatic heterocycles. The summed E-state index contributed by atoms with van der Waals surface area (Å²) >= 11 is 0. The van der Waals surface area contributed by atoms with Gasteiger partial charge in [-0.25, -0.2) is 4.79 Å². The average molecular weight is 366 g/mol. The Bertz CT molecular complexity index is 972. The molecule has 2 aliphatic rings. The lowest BCUT2D eigenvalue weighted by Gasteiger charge is -2.27. The summed E-state index contributed by atoms with van der Waals surface area (Å²) in [5, 5.41) is 0.601. The maximum absolute atomic E-state index is 12.7. The van der Waals surface area contributed by atoms with Gasteiger partial charge in [-0.1, -0.05) is 24.3 Å². The van der Waals surface area contributed by atoms with Gasteiger partial charge in [0.25, 0.3) is 5.91 Å². The van der Waals surface area contributed by atoms with E-state index < -0.39 is 5.97 Å². The Morgan fingerprint density at radius 3 is 2.74 bits per heavy atom. The van der Waals surface area contributed by atoms with E-state index in [2.05, 4.69) is 11.1 Å². The molecular weight excluding hydrogens is 344 g/mol. The summed E-state index contributed by atoms with van der Waals surface area (Å²) in [6.45, 7) is -0.312. The second-order valence-corrected chi connectivity index (χ2v) is 7.11. The van der Waals surface area contributed by atoms with Gasteiger partial charge in [-0.2, -0.15) is 0 Å². The van der Waals surface area contributed by atoms with Gasteiger partial charge >= 0.3 is 5.97 Å². The number of amides is 1. The number of aromatic amines is 1. The molecule has 0 radical (unpaired) electrons. The molecule has 0 bridgehead atoms. The van der Waals surface area contributed by atoms with Crippen molar-refractivity contribution in [2.45, 2.75) is 44.6 Å². The lowest BCUT2D eigenvalue weighted by Crippen LogP contribution is -2.36. The number of esters is 1. The SMILES string of the molecule is O=C(OCC(=O)N(C1=CCCCC1)C1CC1)c1cc(=O)[nH]c2ccccc12. The van der Waals surface area contributed by atoms with Crippen LogP contribution in [0.5, 0.6) is 0 Å². The molecule has 6 heteroatoms. The lowest BCUT2D eigenvalue weighted by atomic mass is 10.0. The van der Waals surface area contributed by atoms with Crippen LogP contribution < -0.4 is 5.56 Å². The van der Waals surface area contributed by atoms with Crippen molar-refractivity contribution in [3.63, 3.8) is 0 Å². The summed E-state index contributed by atoms with van der Waals surface area (Å²) in [5.41, 5.74) is 1.43. The van der Waals surface area contributed by atoms with Crippen LogP contribution in [0.3, 0.4) is 0 Å². The smallest absolute Gasteiger partial charge is 0.339 e. The van der Waals surface area contributed by atoms with Crippen molar-refractivity contribution in [3.8, 4) is 0 Å². The maximum atomic E-state index is 12.7. The number of pyridine rings is 1. The monoisotopic (exact) mass is 366 g/mol. The zero-order valence-electron chi connectivity index (χ0n) is 15.1. The second-order valence-electron chi connectivity index (χ2n) is 7.11. The number of ether oxygens (including phenoxy) is 1. The first-order valence-corrected chi connectivity index (χ1v) is 9.44. The number of aromatic nitrogens is 1. The van der Waals surface area contributed by atoms with Crippen LogP contribution in [0.4, 0.5) is 0 Å². The minimum Gasteiger partial charge on any atom is -0.452 e. The Morgan fingerprint density at radius 1 is 1.19 bits per heavy atom. The highest BCUT2D eigenvalue weighted by atomic mass is 16.5. The Kier molecular flexibility index (Phi) is 4.79. The lowest BCUT2D eigenvalue weighted by molar-refractivity contribution is -0.133. The number of hydrogen-bond donors (Lipinski definition) is 1. The first kappa shape index (κ1) is 17.5. The fourth-order valence-corrected chi connectivity index (χ4v) is 3.62. The minimum atomic E-state index is -0.654. The number of hydrogen-bond acceptors (Lipinski definition) is 4. The van der Waals surface area contributed by atoms with Crippen molar-refractivity contribution in [2.24, 2.45) is 0 Å². The van der Waals surface area contributed by atoms with E-state index in [0.717, 1.165) is 44.2 Å². The first-order valence-electron chi connectivity index (χ1n) is 9.44. The number of fused-ring (bicyclic) bond motifs is 1. The van der Waals surface area contributed by atoms with Gasteiger partial charge in [0.1, 0.15) is 0 Å². The van der Waals surface area contributed by atoms with Gasteiger partial charge in [-0.15, -0.1) is 0 Å². The van der Waals surface area contributed by atoms with Crippen molar-refractivity contribution in [3.05, 3.63) is 58.0 Å². The molecule has 2 aliphatic carbocycles. The van der Waals surface area contributed by atoms with E-state index in [9.17, 15) is 14.4 Å². The van der Waals surface area contributed by atoms with Crippen LogP contribution in [0, 0.1) is 0 Å². The Labute approximate surface area is 156 Å². The van der Waals surface area contributed by atoms with E-state index in [0.29, 0.717) is 10.9 Å². The van der Waals surface area contributed by atoms with Gasteiger partial charge in [-0.05, 0) is 44.6 Å². The molecule has 1 heterocycles. The third-order valence-electron chi connectivity index (χ3n) is 5.05. The van der Waals surface area contributed by atoms with Gasteiger partial charge in [0.05, 0.1) is 5.56 Å². The van der Waals surface area contributed by atoms with E-state index in [4.69, 9.17) is 4.74 Å². The van der Waals surface area contributed by atoms with E-state index in [-0.39, 0.29) is 29.7 Å². The molecule has 4 rings (SSSR count). The molecule has 1 aromatic heterocycles. The van der Waals surface area contributed by atoms with E-state index >= 15 is 0 Å². The van der Waals surface area contributed by atoms with Crippen LogP contribution >= 0.6 is 0 Å². The number of carbonyl (C=O) groups is 2. The summed E-state index contributed by atoms with van der Waals surface area (Å²) in [7, 11) is 0. The molecular formula is C21H22N2O4. The van der Waals surface area contributed by atoms with Crippen LogP contribution in [0.2, 0.25) is 0 Å². The average Bonchev–Trinajstić information content (AvgIpc) is 3.51. The normalized spacial score (nSPS) is 16.7. The number of nitrogens with zero attached hydrogens (tertiary/aromatic N) is 1. The van der Waals surface area contributed by atoms with E-state index in [1.54, 1.807) is 24.3 Å². The molecule has 2 aromatic rings. The Hall–Kier alpha value is -2.89. The predicted octanol–water partition coefficient (Wildman–Crippen LogP) is 3.13. The van der Waals surface area contributed by atoms with E-state index in [1.165, 1.54) is 6.07 Å². The fraction of sp³-hybridized carbons (Fsp3) is 0.381. The quantitative estimate of drug-likeness (QED) is 0.825. The molecule has 0 unspecified atom stereocenters. The van der Waals surface area contributed by atoms with Crippen LogP contribution in [0.1, 0.15) is 48.9 Å². The maximum Gasteiger partial charge on any atom is 0.339 e. The number of para-hydroxylation sites is 1. The highest BCUT2D eigenvalue weighted by molar-refractivity contribution is 6.03. The number of rotatable bonds is 5. The van der Waals surface area contributed by atoms with Crippen molar-refractivity contribution >= 4 is 22.8 Å². The molecule has 27 heavy (non-hydrogen) atoms. The number of carbonyl (C=O) groups excluding carboxylic acids is 2. The molecule has 0 atom stereocenters. The number of allylic oxidation sites excluding steroid dienone is 2. The Balaban J connectivity index is 1.50. The zero-order chi connectivity index (χ0) is 18.8. The first-order chi connectivity index (χ1) is 13.1. The zero-order valence-corrected chi connectivity index (χ0v) is 15.1. The Morgan fingerprint density at radius 2 is 2.00 bits per heavy atom. The molecule has 1 N–H and O–H groups in total. The summed E-state index contributed by atoms with van der Waals surface area (Å²) in [5.74, 6) is -0.841. The molecule has 1 saturated carbocycles. The third kappa shape index (κ3) is 3.79. The van der Waals surface area contributed by atoms with Crippen molar-refractivity contribution in [1.29, 1.82) is 0 Å². The van der Waals surface area contributed by atoms with Crippen LogP contribution in [-0.2, 0) is 9.53 Å². The van der Waals surface area contributed by atoms with Gasteiger partial charge in [0, 0.05) is 28.7 Å². The number of benzene rings is 1. The van der Waals surface area contributed by atoms with Crippen LogP contribution in [0.25, 0.3) is 10.9 Å². The standard InChI is InChI=1S/C21H22N2O4/c24-19-12-17(16-8-4-5-9-18(16)22-19)21(26)27-13-20(25)23(15-10-11-15)14-6-2-1-3-7-14/h4-6,8-9,12,15H,1-3,7,10-11,13H2,(H,22,24). The minimum absolute atomic E-state index is 0.178. The second kappa shape index (κ2) is 7.39. The molecule has 0 saturated heterocycles. The molecule has 6 nitrogen and oxygen atoms in total. The van der Waals surface area contributed by atoms with Gasteiger partial charge < -0.3 is 14.6 Å². The van der Waals surface area contributed by atoms with E-state index in [1.807, 2.05) is 4.90 Å². The van der Waals surface area contributed by atoms with Crippen LogP contribution in [0.15, 0.2) is 46.9 Å². The largest absolute Gasteiger partial charge is 0.452 e. The van der Waals surface area contributed by atoms with Crippen molar-refractivity contribution < 1.29 is 14.3 Å². The molecule has 140 valence electrons. The van der Waals surface area contributed by atoms with Crippen molar-refractivity contribution in [2.75, 3.05) is 6.61 Å². The summed E-state index contributed by atoms with van der Waals surface area (Å²) in [6, 6.07) is 8.49. The third-order valence-corrected chi connectivity index (χ3v) is 5.05.